The lowest BCUT2D eigenvalue weighted by Crippen LogP contribution is -2.28. The van der Waals surface area contributed by atoms with Gasteiger partial charge >= 0.3 is 0 Å². The number of nitrogens with zero attached hydrogens (tertiary/aromatic N) is 3. The first-order valence-corrected chi connectivity index (χ1v) is 8.83. The summed E-state index contributed by atoms with van der Waals surface area (Å²) in [5, 5.41) is 6.04. The Balaban J connectivity index is 1.49. The Hall–Kier alpha value is -2.47. The Kier molecular flexibility index (Phi) is 3.90. The zero-order valence-electron chi connectivity index (χ0n) is 13.3. The van der Waals surface area contributed by atoms with Crippen LogP contribution < -0.4 is 0 Å². The van der Waals surface area contributed by atoms with Gasteiger partial charge in [0.25, 0.3) is 5.91 Å². The van der Waals surface area contributed by atoms with E-state index in [1.165, 1.54) is 11.3 Å². The number of carbonyl (C=O) groups is 1. The molecule has 3 aromatic rings. The minimum absolute atomic E-state index is 0.104. The molecule has 1 unspecified atom stereocenters. The van der Waals surface area contributed by atoms with E-state index >= 15 is 0 Å². The van der Waals surface area contributed by atoms with Crippen molar-refractivity contribution in [3.63, 3.8) is 0 Å². The van der Waals surface area contributed by atoms with E-state index in [1.807, 2.05) is 53.6 Å². The first-order chi connectivity index (χ1) is 11.7. The highest BCUT2D eigenvalue weighted by Crippen LogP contribution is 2.30. The maximum absolute atomic E-state index is 12.6. The average molecular weight is 339 g/mol. The first-order valence-electron chi connectivity index (χ1n) is 7.95. The molecule has 1 fully saturated rings. The molecule has 3 heterocycles. The fourth-order valence-corrected chi connectivity index (χ4v) is 3.88. The molecule has 1 aliphatic rings. The Morgan fingerprint density at radius 1 is 1.29 bits per heavy atom. The molecule has 0 aliphatic carbocycles. The van der Waals surface area contributed by atoms with E-state index in [0.29, 0.717) is 18.3 Å². The molecular weight excluding hydrogens is 322 g/mol. The maximum atomic E-state index is 12.6. The van der Waals surface area contributed by atoms with Gasteiger partial charge in [-0.25, -0.2) is 0 Å². The van der Waals surface area contributed by atoms with Crippen LogP contribution in [0.4, 0.5) is 0 Å². The summed E-state index contributed by atoms with van der Waals surface area (Å²) in [5.74, 6) is 1.43. The third-order valence-corrected chi connectivity index (χ3v) is 5.36. The zero-order chi connectivity index (χ0) is 16.5. The van der Waals surface area contributed by atoms with Crippen molar-refractivity contribution < 1.29 is 9.32 Å². The van der Waals surface area contributed by atoms with E-state index in [2.05, 4.69) is 10.1 Å². The highest BCUT2D eigenvalue weighted by atomic mass is 32.1. The smallest absolute Gasteiger partial charge is 0.264 e. The number of carbonyl (C=O) groups excluding carboxylic acids is 1. The number of thiophene rings is 1. The Morgan fingerprint density at radius 3 is 2.88 bits per heavy atom. The van der Waals surface area contributed by atoms with Gasteiger partial charge in [0.1, 0.15) is 0 Å². The summed E-state index contributed by atoms with van der Waals surface area (Å²) >= 11 is 1.50. The number of benzene rings is 1. The second-order valence-electron chi connectivity index (χ2n) is 5.99. The molecule has 1 saturated heterocycles. The van der Waals surface area contributed by atoms with Crippen LogP contribution in [0.2, 0.25) is 0 Å². The summed E-state index contributed by atoms with van der Waals surface area (Å²) in [4.78, 5) is 19.8. The molecule has 0 saturated carbocycles. The van der Waals surface area contributed by atoms with Crippen LogP contribution in [0, 0.1) is 6.92 Å². The Morgan fingerprint density at radius 2 is 2.12 bits per heavy atom. The normalized spacial score (nSPS) is 17.4. The highest BCUT2D eigenvalue weighted by Gasteiger charge is 2.32. The van der Waals surface area contributed by atoms with Crippen molar-refractivity contribution in [3.8, 4) is 11.4 Å². The first kappa shape index (κ1) is 15.1. The van der Waals surface area contributed by atoms with Gasteiger partial charge in [0.15, 0.2) is 0 Å². The topological polar surface area (TPSA) is 59.2 Å². The fourth-order valence-electron chi connectivity index (χ4n) is 2.99. The third kappa shape index (κ3) is 2.73. The number of likely N-dealkylation sites (tertiary alicyclic amines) is 1. The average Bonchev–Trinajstić information content (AvgIpc) is 3.35. The molecule has 0 radical (unpaired) electrons. The van der Waals surface area contributed by atoms with Crippen molar-refractivity contribution in [2.24, 2.45) is 0 Å². The molecule has 2 aromatic heterocycles. The van der Waals surface area contributed by atoms with Gasteiger partial charge in [-0.1, -0.05) is 35.5 Å². The lowest BCUT2D eigenvalue weighted by Gasteiger charge is -2.15. The molecule has 4 rings (SSSR count). The number of hydrogen-bond acceptors (Lipinski definition) is 5. The van der Waals surface area contributed by atoms with Crippen LogP contribution in [0.15, 0.2) is 46.3 Å². The van der Waals surface area contributed by atoms with E-state index in [9.17, 15) is 4.79 Å². The molecular formula is C18H17N3O2S. The van der Waals surface area contributed by atoms with Gasteiger partial charge in [-0.3, -0.25) is 4.79 Å². The van der Waals surface area contributed by atoms with Crippen LogP contribution in [0.3, 0.4) is 0 Å². The summed E-state index contributed by atoms with van der Waals surface area (Å²) in [5.41, 5.74) is 1.98. The molecule has 1 aliphatic heterocycles. The molecule has 0 N–H and O–H groups in total. The molecule has 0 bridgehead atoms. The number of aryl methyl sites for hydroxylation is 1. The van der Waals surface area contributed by atoms with Crippen molar-refractivity contribution in [1.82, 2.24) is 15.0 Å². The summed E-state index contributed by atoms with van der Waals surface area (Å²) < 4.78 is 5.45. The minimum Gasteiger partial charge on any atom is -0.339 e. The highest BCUT2D eigenvalue weighted by molar-refractivity contribution is 7.12. The van der Waals surface area contributed by atoms with Gasteiger partial charge in [0.05, 0.1) is 10.8 Å². The maximum Gasteiger partial charge on any atom is 0.264 e. The quantitative estimate of drug-likeness (QED) is 0.729. The van der Waals surface area contributed by atoms with Crippen LogP contribution in [0.1, 0.15) is 33.5 Å². The van der Waals surface area contributed by atoms with Crippen molar-refractivity contribution in [3.05, 3.63) is 58.1 Å². The zero-order valence-corrected chi connectivity index (χ0v) is 14.1. The second kappa shape index (κ2) is 6.20. The molecule has 24 heavy (non-hydrogen) atoms. The molecule has 6 heteroatoms. The molecule has 1 amide bonds. The number of hydrogen-bond donors (Lipinski definition) is 0. The summed E-state index contributed by atoms with van der Waals surface area (Å²) in [6.07, 6.45) is 0.854. The van der Waals surface area contributed by atoms with Crippen molar-refractivity contribution in [2.45, 2.75) is 19.3 Å². The summed E-state index contributed by atoms with van der Waals surface area (Å²) in [6.45, 7) is 3.33. The van der Waals surface area contributed by atoms with Crippen LogP contribution in [-0.2, 0) is 0 Å². The molecule has 5 nitrogen and oxygen atoms in total. The van der Waals surface area contributed by atoms with Gasteiger partial charge in [0.2, 0.25) is 11.7 Å². The lowest BCUT2D eigenvalue weighted by molar-refractivity contribution is 0.0793. The van der Waals surface area contributed by atoms with Gasteiger partial charge in [-0.15, -0.1) is 11.3 Å². The standard InChI is InChI=1S/C18H17N3O2S/c1-12-8-10-24-15(12)18(22)21-9-7-14(11-21)17-19-16(20-23-17)13-5-3-2-4-6-13/h2-6,8,10,14H,7,9,11H2,1H3. The molecule has 0 spiro atoms. The monoisotopic (exact) mass is 339 g/mol. The molecule has 1 atom stereocenters. The Labute approximate surface area is 143 Å². The van der Waals surface area contributed by atoms with Crippen LogP contribution >= 0.6 is 11.3 Å². The summed E-state index contributed by atoms with van der Waals surface area (Å²) in [7, 11) is 0. The van der Waals surface area contributed by atoms with Crippen molar-refractivity contribution >= 4 is 17.2 Å². The predicted molar refractivity (Wildman–Crippen MR) is 92.1 cm³/mol. The van der Waals surface area contributed by atoms with Crippen LogP contribution in [-0.4, -0.2) is 34.0 Å². The number of rotatable bonds is 3. The van der Waals surface area contributed by atoms with E-state index in [0.717, 1.165) is 29.0 Å². The minimum atomic E-state index is 0.104. The van der Waals surface area contributed by atoms with E-state index in [1.54, 1.807) is 0 Å². The third-order valence-electron chi connectivity index (χ3n) is 4.35. The summed E-state index contributed by atoms with van der Waals surface area (Å²) in [6, 6.07) is 11.7. The van der Waals surface area contributed by atoms with Crippen LogP contribution in [0.25, 0.3) is 11.4 Å². The number of aromatic nitrogens is 2. The molecule has 1 aromatic carbocycles. The van der Waals surface area contributed by atoms with E-state index in [-0.39, 0.29) is 11.8 Å². The van der Waals surface area contributed by atoms with Crippen molar-refractivity contribution in [1.29, 1.82) is 0 Å². The SMILES string of the molecule is Cc1ccsc1C(=O)N1CCC(c2nc(-c3ccccc3)no2)C1. The second-order valence-corrected chi connectivity index (χ2v) is 6.91. The largest absolute Gasteiger partial charge is 0.339 e. The Bertz CT molecular complexity index is 856. The number of amides is 1. The van der Waals surface area contributed by atoms with Gasteiger partial charge in [0, 0.05) is 18.7 Å². The van der Waals surface area contributed by atoms with Crippen molar-refractivity contribution in [2.75, 3.05) is 13.1 Å². The molecule has 122 valence electrons. The van der Waals surface area contributed by atoms with Gasteiger partial charge in [-0.2, -0.15) is 4.98 Å². The predicted octanol–water partition coefficient (Wildman–Crippen LogP) is 3.74. The van der Waals surface area contributed by atoms with Crippen LogP contribution in [0.5, 0.6) is 0 Å². The van der Waals surface area contributed by atoms with E-state index < -0.39 is 0 Å². The lowest BCUT2D eigenvalue weighted by atomic mass is 10.1. The van der Waals surface area contributed by atoms with E-state index in [4.69, 9.17) is 4.52 Å². The fraction of sp³-hybridized carbons (Fsp3) is 0.278. The van der Waals surface area contributed by atoms with Gasteiger partial charge in [-0.05, 0) is 30.4 Å². The van der Waals surface area contributed by atoms with Gasteiger partial charge < -0.3 is 9.42 Å².